The molecule has 0 spiro atoms. The van der Waals surface area contributed by atoms with Gasteiger partial charge in [-0.15, -0.1) is 5.10 Å². The number of rotatable bonds is 4. The first-order valence-electron chi connectivity index (χ1n) is 5.73. The van der Waals surface area contributed by atoms with E-state index in [1.165, 1.54) is 0 Å². The number of benzene rings is 1. The Balaban J connectivity index is 2.63. The smallest absolute Gasteiger partial charge is 0.271 e. The normalized spacial score (nSPS) is 11.1. The van der Waals surface area contributed by atoms with Gasteiger partial charge in [0, 0.05) is 12.0 Å². The number of aryl methyl sites for hydroxylation is 1. The number of hydrogen-bond donors (Lipinski definition) is 1. The SMILES string of the molecule is CCO/C(CC)=N/NC(=O)c1ccc(C)cc1. The van der Waals surface area contributed by atoms with Crippen molar-refractivity contribution in [2.24, 2.45) is 5.10 Å². The number of ether oxygens (including phenoxy) is 1. The molecule has 0 aliphatic heterocycles. The lowest BCUT2D eigenvalue weighted by atomic mass is 10.1. The fourth-order valence-electron chi connectivity index (χ4n) is 1.26. The molecule has 0 radical (unpaired) electrons. The molecule has 1 aromatic rings. The molecule has 0 heterocycles. The van der Waals surface area contributed by atoms with Gasteiger partial charge in [0.25, 0.3) is 5.91 Å². The van der Waals surface area contributed by atoms with Crippen LogP contribution in [0.3, 0.4) is 0 Å². The molecular weight excluding hydrogens is 216 g/mol. The Kier molecular flexibility index (Phi) is 5.20. The van der Waals surface area contributed by atoms with E-state index in [9.17, 15) is 4.79 Å². The van der Waals surface area contributed by atoms with Crippen LogP contribution in [0.2, 0.25) is 0 Å². The molecule has 0 atom stereocenters. The van der Waals surface area contributed by atoms with E-state index in [1.54, 1.807) is 12.1 Å². The molecule has 0 aliphatic rings. The Labute approximate surface area is 102 Å². The van der Waals surface area contributed by atoms with Crippen molar-refractivity contribution in [1.29, 1.82) is 0 Å². The molecule has 1 rings (SSSR count). The number of nitrogens with one attached hydrogen (secondary N) is 1. The lowest BCUT2D eigenvalue weighted by molar-refractivity contribution is 0.0953. The van der Waals surface area contributed by atoms with Gasteiger partial charge in [-0.1, -0.05) is 24.6 Å². The van der Waals surface area contributed by atoms with Gasteiger partial charge in [0.05, 0.1) is 6.61 Å². The van der Waals surface area contributed by atoms with Crippen LogP contribution in [0.5, 0.6) is 0 Å². The molecule has 0 fully saturated rings. The molecule has 4 nitrogen and oxygen atoms in total. The zero-order chi connectivity index (χ0) is 12.7. The van der Waals surface area contributed by atoms with E-state index < -0.39 is 0 Å². The van der Waals surface area contributed by atoms with Crippen molar-refractivity contribution in [3.05, 3.63) is 35.4 Å². The van der Waals surface area contributed by atoms with Gasteiger partial charge in [0.1, 0.15) is 0 Å². The molecule has 0 unspecified atom stereocenters. The summed E-state index contributed by atoms with van der Waals surface area (Å²) in [7, 11) is 0. The van der Waals surface area contributed by atoms with E-state index in [0.717, 1.165) is 5.56 Å². The van der Waals surface area contributed by atoms with Gasteiger partial charge in [0.2, 0.25) is 5.90 Å². The second kappa shape index (κ2) is 6.68. The summed E-state index contributed by atoms with van der Waals surface area (Å²) in [4.78, 5) is 11.7. The van der Waals surface area contributed by atoms with Gasteiger partial charge in [-0.05, 0) is 26.0 Å². The lowest BCUT2D eigenvalue weighted by Gasteiger charge is -2.05. The van der Waals surface area contributed by atoms with E-state index in [1.807, 2.05) is 32.9 Å². The number of hydrogen-bond acceptors (Lipinski definition) is 3. The third-order valence-electron chi connectivity index (χ3n) is 2.21. The highest BCUT2D eigenvalue weighted by molar-refractivity contribution is 5.94. The minimum atomic E-state index is -0.226. The lowest BCUT2D eigenvalue weighted by Crippen LogP contribution is -2.20. The van der Waals surface area contributed by atoms with Crippen LogP contribution in [-0.4, -0.2) is 18.4 Å². The van der Waals surface area contributed by atoms with Crippen LogP contribution in [0.25, 0.3) is 0 Å². The summed E-state index contributed by atoms with van der Waals surface area (Å²) in [6.07, 6.45) is 0.655. The first-order chi connectivity index (χ1) is 8.17. The number of hydrazone groups is 1. The standard InChI is InChI=1S/C13H18N2O2/c1-4-12(17-5-2)14-15-13(16)11-8-6-10(3)7-9-11/h6-9H,4-5H2,1-3H3,(H,15,16)/b14-12+. The van der Waals surface area contributed by atoms with Crippen molar-refractivity contribution in [2.45, 2.75) is 27.2 Å². The van der Waals surface area contributed by atoms with Crippen molar-refractivity contribution in [3.8, 4) is 0 Å². The Morgan fingerprint density at radius 2 is 1.94 bits per heavy atom. The third kappa shape index (κ3) is 4.26. The average molecular weight is 234 g/mol. The molecule has 0 aromatic heterocycles. The summed E-state index contributed by atoms with van der Waals surface area (Å²) in [5, 5.41) is 3.93. The fourth-order valence-corrected chi connectivity index (χ4v) is 1.26. The van der Waals surface area contributed by atoms with E-state index in [4.69, 9.17) is 4.74 Å². The Bertz CT molecular complexity index is 396. The molecule has 0 saturated carbocycles. The molecule has 1 N–H and O–H groups in total. The quantitative estimate of drug-likeness (QED) is 0.494. The molecule has 17 heavy (non-hydrogen) atoms. The second-order valence-electron chi connectivity index (χ2n) is 3.60. The average Bonchev–Trinajstić information content (AvgIpc) is 2.35. The van der Waals surface area contributed by atoms with Crippen LogP contribution in [0.15, 0.2) is 29.4 Å². The van der Waals surface area contributed by atoms with Crippen LogP contribution in [0.4, 0.5) is 0 Å². The maximum Gasteiger partial charge on any atom is 0.271 e. The highest BCUT2D eigenvalue weighted by Crippen LogP contribution is 2.02. The van der Waals surface area contributed by atoms with Crippen molar-refractivity contribution in [2.75, 3.05) is 6.61 Å². The van der Waals surface area contributed by atoms with Gasteiger partial charge in [-0.3, -0.25) is 4.79 Å². The summed E-state index contributed by atoms with van der Waals surface area (Å²) in [6.45, 7) is 6.33. The Hall–Kier alpha value is -1.84. The Morgan fingerprint density at radius 3 is 2.47 bits per heavy atom. The van der Waals surface area contributed by atoms with Crippen molar-refractivity contribution in [3.63, 3.8) is 0 Å². The predicted octanol–water partition coefficient (Wildman–Crippen LogP) is 2.48. The van der Waals surface area contributed by atoms with E-state index in [0.29, 0.717) is 24.5 Å². The van der Waals surface area contributed by atoms with Gasteiger partial charge in [0.15, 0.2) is 0 Å². The summed E-state index contributed by atoms with van der Waals surface area (Å²) < 4.78 is 5.23. The van der Waals surface area contributed by atoms with Crippen LogP contribution in [0.1, 0.15) is 36.2 Å². The molecule has 1 amide bonds. The van der Waals surface area contributed by atoms with Crippen LogP contribution in [0, 0.1) is 6.92 Å². The van der Waals surface area contributed by atoms with Crippen molar-refractivity contribution in [1.82, 2.24) is 5.43 Å². The second-order valence-corrected chi connectivity index (χ2v) is 3.60. The van der Waals surface area contributed by atoms with Gasteiger partial charge >= 0.3 is 0 Å². The van der Waals surface area contributed by atoms with Crippen LogP contribution in [-0.2, 0) is 4.74 Å². The molecule has 1 aromatic carbocycles. The van der Waals surface area contributed by atoms with Crippen LogP contribution >= 0.6 is 0 Å². The van der Waals surface area contributed by atoms with Crippen LogP contribution < -0.4 is 5.43 Å². The van der Waals surface area contributed by atoms with E-state index >= 15 is 0 Å². The minimum absolute atomic E-state index is 0.226. The molecule has 0 bridgehead atoms. The summed E-state index contributed by atoms with van der Waals surface area (Å²) in [5.74, 6) is 0.309. The summed E-state index contributed by atoms with van der Waals surface area (Å²) in [6, 6.07) is 7.32. The Morgan fingerprint density at radius 1 is 1.29 bits per heavy atom. The molecule has 0 aliphatic carbocycles. The summed E-state index contributed by atoms with van der Waals surface area (Å²) >= 11 is 0. The van der Waals surface area contributed by atoms with E-state index in [-0.39, 0.29) is 5.91 Å². The highest BCUT2D eigenvalue weighted by Gasteiger charge is 2.04. The maximum absolute atomic E-state index is 11.7. The predicted molar refractivity (Wildman–Crippen MR) is 68.0 cm³/mol. The number of carbonyl (C=O) groups excluding carboxylic acids is 1. The highest BCUT2D eigenvalue weighted by atomic mass is 16.5. The zero-order valence-corrected chi connectivity index (χ0v) is 10.5. The largest absolute Gasteiger partial charge is 0.480 e. The van der Waals surface area contributed by atoms with Gasteiger partial charge in [-0.25, -0.2) is 5.43 Å². The number of amides is 1. The fraction of sp³-hybridized carbons (Fsp3) is 0.385. The summed E-state index contributed by atoms with van der Waals surface area (Å²) in [5.41, 5.74) is 4.19. The van der Waals surface area contributed by atoms with Gasteiger partial charge in [-0.2, -0.15) is 0 Å². The van der Waals surface area contributed by atoms with Gasteiger partial charge < -0.3 is 4.74 Å². The number of nitrogens with zero attached hydrogens (tertiary/aromatic N) is 1. The zero-order valence-electron chi connectivity index (χ0n) is 10.5. The molecular formula is C13H18N2O2. The third-order valence-corrected chi connectivity index (χ3v) is 2.21. The van der Waals surface area contributed by atoms with Crippen molar-refractivity contribution < 1.29 is 9.53 Å². The number of carbonyl (C=O) groups is 1. The first kappa shape index (κ1) is 13.2. The molecule has 92 valence electrons. The first-order valence-corrected chi connectivity index (χ1v) is 5.73. The van der Waals surface area contributed by atoms with Crippen molar-refractivity contribution >= 4 is 11.8 Å². The maximum atomic E-state index is 11.7. The minimum Gasteiger partial charge on any atom is -0.480 e. The molecule has 0 saturated heterocycles. The van der Waals surface area contributed by atoms with E-state index in [2.05, 4.69) is 10.5 Å². The monoisotopic (exact) mass is 234 g/mol. The molecule has 4 heteroatoms. The topological polar surface area (TPSA) is 50.7 Å².